The van der Waals surface area contributed by atoms with Crippen LogP contribution in [-0.2, 0) is 0 Å². The van der Waals surface area contributed by atoms with Crippen molar-refractivity contribution in [3.63, 3.8) is 0 Å². The molecule has 1 aliphatic carbocycles. The van der Waals surface area contributed by atoms with E-state index in [1.165, 1.54) is 0 Å². The molecule has 1 nitrogen and oxygen atoms in total. The fourth-order valence-corrected chi connectivity index (χ4v) is 2.33. The molecule has 0 aliphatic heterocycles. The van der Waals surface area contributed by atoms with Gasteiger partial charge in [-0.05, 0) is 17.5 Å². The lowest BCUT2D eigenvalue weighted by Gasteiger charge is -2.07. The lowest BCUT2D eigenvalue weighted by molar-refractivity contribution is 0.560. The summed E-state index contributed by atoms with van der Waals surface area (Å²) in [7, 11) is 0. The third-order valence-corrected chi connectivity index (χ3v) is 3.69. The quantitative estimate of drug-likeness (QED) is 0.739. The minimum atomic E-state index is -0.594. The van der Waals surface area contributed by atoms with Gasteiger partial charge in [-0.15, -0.1) is 0 Å². The van der Waals surface area contributed by atoms with E-state index in [0.717, 1.165) is 12.1 Å². The van der Waals surface area contributed by atoms with Crippen LogP contribution in [0, 0.1) is 17.0 Å². The van der Waals surface area contributed by atoms with Gasteiger partial charge in [-0.1, -0.05) is 25.4 Å². The van der Waals surface area contributed by atoms with E-state index >= 15 is 0 Å². The first kappa shape index (κ1) is 10.8. The molecule has 0 spiro atoms. The topological polar surface area (TPSA) is 26.0 Å². The van der Waals surface area contributed by atoms with Crippen LogP contribution >= 0.6 is 11.6 Å². The van der Waals surface area contributed by atoms with Gasteiger partial charge in [-0.3, -0.25) is 0 Å². The molecule has 82 valence electrons. The Labute approximate surface area is 92.2 Å². The Kier molecular flexibility index (Phi) is 2.28. The van der Waals surface area contributed by atoms with Crippen molar-refractivity contribution in [1.82, 2.24) is 0 Å². The lowest BCUT2D eigenvalue weighted by Crippen LogP contribution is -2.06. The second-order valence-corrected chi connectivity index (χ2v) is 4.96. The minimum absolute atomic E-state index is 0.138. The summed E-state index contributed by atoms with van der Waals surface area (Å²) >= 11 is 5.76. The van der Waals surface area contributed by atoms with Gasteiger partial charge in [-0.25, -0.2) is 8.78 Å². The van der Waals surface area contributed by atoms with Gasteiger partial charge in [0.1, 0.15) is 11.6 Å². The minimum Gasteiger partial charge on any atom is -0.327 e. The zero-order valence-corrected chi connectivity index (χ0v) is 9.28. The molecule has 0 aromatic heterocycles. The highest BCUT2D eigenvalue weighted by atomic mass is 35.5. The predicted molar refractivity (Wildman–Crippen MR) is 55.9 cm³/mol. The van der Waals surface area contributed by atoms with Gasteiger partial charge in [0.05, 0.1) is 5.02 Å². The van der Waals surface area contributed by atoms with Gasteiger partial charge in [0, 0.05) is 17.5 Å². The van der Waals surface area contributed by atoms with E-state index in [2.05, 4.69) is 0 Å². The molecule has 2 atom stereocenters. The Morgan fingerprint density at radius 2 is 1.73 bits per heavy atom. The summed E-state index contributed by atoms with van der Waals surface area (Å²) in [4.78, 5) is 0. The van der Waals surface area contributed by atoms with Crippen LogP contribution in [0.1, 0.15) is 25.3 Å². The number of rotatable bonds is 1. The first-order chi connectivity index (χ1) is 6.87. The SMILES string of the molecule is CC1(C)[C@H](N)[C@H]1c1c(F)ccc(F)c1Cl. The maximum absolute atomic E-state index is 13.5. The molecular formula is C11H12ClF2N. The second kappa shape index (κ2) is 3.16. The number of hydrogen-bond acceptors (Lipinski definition) is 1. The van der Waals surface area contributed by atoms with Crippen LogP contribution in [0.3, 0.4) is 0 Å². The molecule has 0 bridgehead atoms. The molecule has 1 aromatic carbocycles. The number of nitrogens with two attached hydrogens (primary N) is 1. The normalized spacial score (nSPS) is 27.9. The van der Waals surface area contributed by atoms with Crippen LogP contribution in [0.5, 0.6) is 0 Å². The van der Waals surface area contributed by atoms with Crippen molar-refractivity contribution >= 4 is 11.6 Å². The summed E-state index contributed by atoms with van der Waals surface area (Å²) in [5, 5.41) is -0.138. The molecule has 2 N–H and O–H groups in total. The molecule has 0 heterocycles. The van der Waals surface area contributed by atoms with Crippen molar-refractivity contribution in [2.75, 3.05) is 0 Å². The molecule has 1 saturated carbocycles. The fourth-order valence-electron chi connectivity index (χ4n) is 2.06. The molecule has 15 heavy (non-hydrogen) atoms. The van der Waals surface area contributed by atoms with Crippen LogP contribution < -0.4 is 5.73 Å². The summed E-state index contributed by atoms with van der Waals surface area (Å²) in [6.07, 6.45) is 0. The summed E-state index contributed by atoms with van der Waals surface area (Å²) in [6.45, 7) is 3.84. The summed E-state index contributed by atoms with van der Waals surface area (Å²) in [5.41, 5.74) is 5.82. The van der Waals surface area contributed by atoms with Crippen LogP contribution in [0.25, 0.3) is 0 Å². The van der Waals surface area contributed by atoms with Gasteiger partial charge in [0.25, 0.3) is 0 Å². The second-order valence-electron chi connectivity index (χ2n) is 4.58. The van der Waals surface area contributed by atoms with Crippen molar-refractivity contribution in [2.24, 2.45) is 11.1 Å². The van der Waals surface area contributed by atoms with Gasteiger partial charge >= 0.3 is 0 Å². The first-order valence-corrected chi connectivity index (χ1v) is 5.14. The third-order valence-electron chi connectivity index (χ3n) is 3.30. The standard InChI is InChI=1S/C11H12ClF2N/c1-11(2)8(10(11)15)7-5(13)3-4-6(14)9(7)12/h3-4,8,10H,15H2,1-2H3/t8-,10-/m1/s1. The van der Waals surface area contributed by atoms with E-state index < -0.39 is 11.6 Å². The maximum Gasteiger partial charge on any atom is 0.142 e. The highest BCUT2D eigenvalue weighted by molar-refractivity contribution is 6.31. The van der Waals surface area contributed by atoms with Crippen LogP contribution in [0.2, 0.25) is 5.02 Å². The van der Waals surface area contributed by atoms with E-state index in [-0.39, 0.29) is 28.0 Å². The molecule has 1 aliphatic rings. The van der Waals surface area contributed by atoms with E-state index in [9.17, 15) is 8.78 Å². The van der Waals surface area contributed by atoms with Crippen LogP contribution in [-0.4, -0.2) is 6.04 Å². The smallest absolute Gasteiger partial charge is 0.142 e. The molecular weight excluding hydrogens is 220 g/mol. The molecule has 2 rings (SSSR count). The van der Waals surface area contributed by atoms with Gasteiger partial charge in [0.15, 0.2) is 0 Å². The molecule has 0 amide bonds. The molecule has 0 radical (unpaired) electrons. The summed E-state index contributed by atoms with van der Waals surface area (Å²) < 4.78 is 26.7. The molecule has 4 heteroatoms. The average molecular weight is 232 g/mol. The Morgan fingerprint density at radius 3 is 2.20 bits per heavy atom. The Bertz CT molecular complexity index is 417. The first-order valence-electron chi connectivity index (χ1n) is 4.76. The molecule has 1 aromatic rings. The molecule has 1 fully saturated rings. The maximum atomic E-state index is 13.5. The Morgan fingerprint density at radius 1 is 1.27 bits per heavy atom. The van der Waals surface area contributed by atoms with E-state index in [1.807, 2.05) is 13.8 Å². The van der Waals surface area contributed by atoms with E-state index in [4.69, 9.17) is 17.3 Å². The van der Waals surface area contributed by atoms with Gasteiger partial charge < -0.3 is 5.73 Å². The summed E-state index contributed by atoms with van der Waals surface area (Å²) in [6, 6.07) is 1.96. The Hall–Kier alpha value is -0.670. The zero-order valence-electron chi connectivity index (χ0n) is 8.52. The summed E-state index contributed by atoms with van der Waals surface area (Å²) in [5.74, 6) is -1.27. The highest BCUT2D eigenvalue weighted by Gasteiger charge is 2.57. The van der Waals surface area contributed by atoms with Crippen LogP contribution in [0.15, 0.2) is 12.1 Å². The third kappa shape index (κ3) is 1.45. The van der Waals surface area contributed by atoms with E-state index in [1.54, 1.807) is 0 Å². The van der Waals surface area contributed by atoms with Crippen molar-refractivity contribution in [3.05, 3.63) is 34.4 Å². The van der Waals surface area contributed by atoms with Crippen molar-refractivity contribution in [3.8, 4) is 0 Å². The zero-order chi connectivity index (χ0) is 11.4. The van der Waals surface area contributed by atoms with Crippen molar-refractivity contribution < 1.29 is 8.78 Å². The van der Waals surface area contributed by atoms with Gasteiger partial charge in [0.2, 0.25) is 0 Å². The van der Waals surface area contributed by atoms with Gasteiger partial charge in [-0.2, -0.15) is 0 Å². The fraction of sp³-hybridized carbons (Fsp3) is 0.455. The van der Waals surface area contributed by atoms with Crippen molar-refractivity contribution in [1.29, 1.82) is 0 Å². The Balaban J connectivity index is 2.51. The number of benzene rings is 1. The average Bonchev–Trinajstić information content (AvgIpc) is 2.63. The van der Waals surface area contributed by atoms with Crippen molar-refractivity contribution in [2.45, 2.75) is 25.8 Å². The largest absolute Gasteiger partial charge is 0.327 e. The highest BCUT2D eigenvalue weighted by Crippen LogP contribution is 2.59. The monoisotopic (exact) mass is 231 g/mol. The predicted octanol–water partition coefficient (Wildman–Crippen LogP) is 3.07. The molecule has 0 unspecified atom stereocenters. The number of halogens is 3. The number of hydrogen-bond donors (Lipinski definition) is 1. The van der Waals surface area contributed by atoms with Crippen LogP contribution in [0.4, 0.5) is 8.78 Å². The van der Waals surface area contributed by atoms with E-state index in [0.29, 0.717) is 0 Å². The molecule has 0 saturated heterocycles. The lowest BCUT2D eigenvalue weighted by atomic mass is 10.0.